The number of aliphatic imine (C=N–C) groups is 1. The van der Waals surface area contributed by atoms with Gasteiger partial charge in [0.1, 0.15) is 13.2 Å². The molecule has 0 atom stereocenters. The van der Waals surface area contributed by atoms with Crippen LogP contribution in [0.3, 0.4) is 0 Å². The van der Waals surface area contributed by atoms with E-state index in [0.29, 0.717) is 13.2 Å². The molecule has 3 aliphatic rings. The molecule has 1 aromatic carbocycles. The average molecular weight is 339 g/mol. The SMILES string of the molecule is CCC(=C1C=NC=C(N2CCNCC2)C1)c1cccc2c1OCCO2. The van der Waals surface area contributed by atoms with E-state index in [4.69, 9.17) is 9.47 Å². The first-order valence-electron chi connectivity index (χ1n) is 9.15. The van der Waals surface area contributed by atoms with E-state index >= 15 is 0 Å². The third kappa shape index (κ3) is 3.29. The lowest BCUT2D eigenvalue weighted by molar-refractivity contribution is 0.171. The molecule has 0 saturated carbocycles. The van der Waals surface area contributed by atoms with Crippen LogP contribution in [0.5, 0.6) is 11.5 Å². The first-order chi connectivity index (χ1) is 12.4. The molecule has 1 saturated heterocycles. The summed E-state index contributed by atoms with van der Waals surface area (Å²) in [6.45, 7) is 7.60. The zero-order valence-electron chi connectivity index (χ0n) is 14.8. The van der Waals surface area contributed by atoms with Crippen LogP contribution in [-0.4, -0.2) is 50.5 Å². The van der Waals surface area contributed by atoms with Gasteiger partial charge in [-0.15, -0.1) is 0 Å². The maximum atomic E-state index is 5.93. The largest absolute Gasteiger partial charge is 0.486 e. The molecule has 5 heteroatoms. The molecule has 0 unspecified atom stereocenters. The fourth-order valence-corrected chi connectivity index (χ4v) is 3.73. The van der Waals surface area contributed by atoms with E-state index in [-0.39, 0.29) is 0 Å². The zero-order chi connectivity index (χ0) is 17.1. The molecule has 1 aromatic rings. The van der Waals surface area contributed by atoms with E-state index in [1.54, 1.807) is 0 Å². The number of nitrogens with zero attached hydrogens (tertiary/aromatic N) is 2. The van der Waals surface area contributed by atoms with Gasteiger partial charge in [0.2, 0.25) is 0 Å². The normalized spacial score (nSPS) is 21.8. The highest BCUT2D eigenvalue weighted by molar-refractivity contribution is 5.94. The number of allylic oxidation sites excluding steroid dienone is 2. The highest BCUT2D eigenvalue weighted by atomic mass is 16.6. The van der Waals surface area contributed by atoms with Gasteiger partial charge >= 0.3 is 0 Å². The number of nitrogens with one attached hydrogen (secondary N) is 1. The van der Waals surface area contributed by atoms with Crippen molar-refractivity contribution in [2.24, 2.45) is 4.99 Å². The molecule has 25 heavy (non-hydrogen) atoms. The maximum absolute atomic E-state index is 5.93. The first kappa shape index (κ1) is 16.2. The lowest BCUT2D eigenvalue weighted by Gasteiger charge is -2.32. The number of ether oxygens (including phenoxy) is 2. The van der Waals surface area contributed by atoms with E-state index in [9.17, 15) is 0 Å². The molecule has 0 aromatic heterocycles. The Morgan fingerprint density at radius 3 is 2.88 bits per heavy atom. The Morgan fingerprint density at radius 1 is 1.20 bits per heavy atom. The van der Waals surface area contributed by atoms with Crippen molar-refractivity contribution in [3.63, 3.8) is 0 Å². The van der Waals surface area contributed by atoms with Crippen LogP contribution in [0.2, 0.25) is 0 Å². The minimum Gasteiger partial charge on any atom is -0.486 e. The monoisotopic (exact) mass is 339 g/mol. The Kier molecular flexibility index (Phi) is 4.74. The summed E-state index contributed by atoms with van der Waals surface area (Å²) >= 11 is 0. The smallest absolute Gasteiger partial charge is 0.168 e. The van der Waals surface area contributed by atoms with Crippen molar-refractivity contribution in [1.82, 2.24) is 10.2 Å². The van der Waals surface area contributed by atoms with Crippen LogP contribution >= 0.6 is 0 Å². The van der Waals surface area contributed by atoms with Gasteiger partial charge in [-0.05, 0) is 23.6 Å². The highest BCUT2D eigenvalue weighted by Crippen LogP contribution is 2.40. The number of hydrogen-bond acceptors (Lipinski definition) is 5. The highest BCUT2D eigenvalue weighted by Gasteiger charge is 2.22. The molecule has 5 nitrogen and oxygen atoms in total. The van der Waals surface area contributed by atoms with Gasteiger partial charge < -0.3 is 19.7 Å². The van der Waals surface area contributed by atoms with Gasteiger partial charge in [0, 0.05) is 56.3 Å². The van der Waals surface area contributed by atoms with E-state index in [1.165, 1.54) is 16.8 Å². The van der Waals surface area contributed by atoms with Gasteiger partial charge in [0.25, 0.3) is 0 Å². The molecule has 132 valence electrons. The fraction of sp³-hybridized carbons (Fsp3) is 0.450. The molecule has 1 N–H and O–H groups in total. The molecule has 4 rings (SSSR count). The predicted octanol–water partition coefficient (Wildman–Crippen LogP) is 2.84. The van der Waals surface area contributed by atoms with Gasteiger partial charge in [-0.2, -0.15) is 0 Å². The minimum atomic E-state index is 0.608. The standard InChI is InChI=1S/C20H25N3O2/c1-2-17(18-4-3-5-19-20(18)25-11-10-24-19)15-12-16(14-22-13-15)23-8-6-21-7-9-23/h3-5,13-14,21H,2,6-12H2,1H3. The number of hydrogen-bond donors (Lipinski definition) is 1. The van der Waals surface area contributed by atoms with Crippen LogP contribution in [0.15, 0.2) is 40.7 Å². The molecule has 3 heterocycles. The van der Waals surface area contributed by atoms with Crippen molar-refractivity contribution >= 4 is 11.8 Å². The number of rotatable bonds is 3. The van der Waals surface area contributed by atoms with E-state index in [0.717, 1.165) is 56.1 Å². The third-order valence-electron chi connectivity index (χ3n) is 4.98. The van der Waals surface area contributed by atoms with Gasteiger partial charge in [0.05, 0.1) is 0 Å². The molecule has 3 aliphatic heterocycles. The quantitative estimate of drug-likeness (QED) is 0.920. The van der Waals surface area contributed by atoms with Crippen LogP contribution in [0.1, 0.15) is 25.3 Å². The molecular formula is C20H25N3O2. The van der Waals surface area contributed by atoms with Crippen molar-refractivity contribution in [2.75, 3.05) is 39.4 Å². The Labute approximate surface area is 149 Å². The lowest BCUT2D eigenvalue weighted by Crippen LogP contribution is -2.43. The van der Waals surface area contributed by atoms with Crippen LogP contribution < -0.4 is 14.8 Å². The van der Waals surface area contributed by atoms with Crippen molar-refractivity contribution in [2.45, 2.75) is 19.8 Å². The number of piperazine rings is 1. The number of benzene rings is 1. The predicted molar refractivity (Wildman–Crippen MR) is 100 cm³/mol. The topological polar surface area (TPSA) is 46.1 Å². The molecule has 0 aliphatic carbocycles. The summed E-state index contributed by atoms with van der Waals surface area (Å²) in [6.07, 6.45) is 5.89. The van der Waals surface area contributed by atoms with Gasteiger partial charge in [0.15, 0.2) is 11.5 Å². The summed E-state index contributed by atoms with van der Waals surface area (Å²) in [5.41, 5.74) is 5.03. The van der Waals surface area contributed by atoms with E-state index < -0.39 is 0 Å². The first-order valence-corrected chi connectivity index (χ1v) is 9.15. The van der Waals surface area contributed by atoms with E-state index in [2.05, 4.69) is 28.2 Å². The second-order valence-electron chi connectivity index (χ2n) is 6.50. The molecule has 0 amide bonds. The second-order valence-corrected chi connectivity index (χ2v) is 6.50. The molecular weight excluding hydrogens is 314 g/mol. The van der Waals surface area contributed by atoms with E-state index in [1.807, 2.05) is 24.5 Å². The minimum absolute atomic E-state index is 0.608. The van der Waals surface area contributed by atoms with Gasteiger partial charge in [-0.3, -0.25) is 4.99 Å². The summed E-state index contributed by atoms with van der Waals surface area (Å²) in [4.78, 5) is 6.99. The Balaban J connectivity index is 1.66. The maximum Gasteiger partial charge on any atom is 0.168 e. The van der Waals surface area contributed by atoms with Crippen molar-refractivity contribution < 1.29 is 9.47 Å². The van der Waals surface area contributed by atoms with Gasteiger partial charge in [-0.1, -0.05) is 19.1 Å². The van der Waals surface area contributed by atoms with Crippen molar-refractivity contribution in [3.8, 4) is 11.5 Å². The Bertz CT molecular complexity index is 730. The fourth-order valence-electron chi connectivity index (χ4n) is 3.73. The summed E-state index contributed by atoms with van der Waals surface area (Å²) in [5.74, 6) is 1.73. The summed E-state index contributed by atoms with van der Waals surface area (Å²) < 4.78 is 11.7. The summed E-state index contributed by atoms with van der Waals surface area (Å²) in [6, 6.07) is 6.17. The van der Waals surface area contributed by atoms with Crippen LogP contribution in [-0.2, 0) is 0 Å². The molecule has 0 spiro atoms. The molecule has 0 radical (unpaired) electrons. The summed E-state index contributed by atoms with van der Waals surface area (Å²) in [5, 5.41) is 3.41. The van der Waals surface area contributed by atoms with Gasteiger partial charge in [-0.25, -0.2) is 0 Å². The Morgan fingerprint density at radius 2 is 2.04 bits per heavy atom. The Hall–Kier alpha value is -2.27. The van der Waals surface area contributed by atoms with Crippen LogP contribution in [0.4, 0.5) is 0 Å². The number of para-hydroxylation sites is 1. The van der Waals surface area contributed by atoms with Crippen molar-refractivity contribution in [1.29, 1.82) is 0 Å². The number of fused-ring (bicyclic) bond motifs is 1. The second kappa shape index (κ2) is 7.31. The van der Waals surface area contributed by atoms with Crippen LogP contribution in [0.25, 0.3) is 5.57 Å². The zero-order valence-corrected chi connectivity index (χ0v) is 14.8. The molecule has 0 bridgehead atoms. The van der Waals surface area contributed by atoms with Crippen molar-refractivity contribution in [3.05, 3.63) is 41.2 Å². The van der Waals surface area contributed by atoms with Crippen LogP contribution in [0, 0.1) is 0 Å². The third-order valence-corrected chi connectivity index (χ3v) is 4.98. The summed E-state index contributed by atoms with van der Waals surface area (Å²) in [7, 11) is 0. The average Bonchev–Trinajstić information content (AvgIpc) is 2.70. The lowest BCUT2D eigenvalue weighted by atomic mass is 9.93. The molecule has 1 fully saturated rings.